The molecule has 6 aromatic rings. The molecule has 3 heterocycles. The molecule has 2 aromatic heterocycles. The van der Waals surface area contributed by atoms with Crippen LogP contribution in [0.3, 0.4) is 0 Å². The van der Waals surface area contributed by atoms with Crippen LogP contribution in [0.25, 0.3) is 33.2 Å². The zero-order valence-corrected chi connectivity index (χ0v) is 32.4. The van der Waals surface area contributed by atoms with Gasteiger partial charge < -0.3 is 9.41 Å². The predicted octanol–water partition coefficient (Wildman–Crippen LogP) is 10.7. The number of aromatic nitrogens is 1. The Kier molecular flexibility index (Phi) is 10.2. The van der Waals surface area contributed by atoms with Crippen molar-refractivity contribution in [2.75, 3.05) is 0 Å². The van der Waals surface area contributed by atoms with Gasteiger partial charge in [-0.15, -0.1) is 18.2 Å². The molecule has 0 amide bonds. The zero-order valence-electron chi connectivity index (χ0n) is 27.9. The quantitative estimate of drug-likeness (QED) is 0.128. The van der Waals surface area contributed by atoms with Crippen LogP contribution in [0.1, 0.15) is 56.7 Å². The molecule has 0 aliphatic carbocycles. The van der Waals surface area contributed by atoms with Crippen LogP contribution in [0, 0.1) is 17.5 Å². The van der Waals surface area contributed by atoms with Gasteiger partial charge in [-0.25, -0.2) is 0 Å². The molecule has 3 nitrogen and oxygen atoms in total. The number of para-hydroxylation sites is 2. The smallest absolute Gasteiger partial charge is 0.120 e. The zero-order chi connectivity index (χ0) is 31.8. The molecule has 1 aliphatic rings. The summed E-state index contributed by atoms with van der Waals surface area (Å²) in [4.78, 5) is 9.64. The molecule has 0 saturated heterocycles. The minimum Gasteiger partial charge on any atom is -0.501 e. The first-order valence-electron chi connectivity index (χ1n) is 16.0. The van der Waals surface area contributed by atoms with Crippen molar-refractivity contribution >= 4 is 51.0 Å². The topological polar surface area (TPSA) is 38.4 Å². The van der Waals surface area contributed by atoms with E-state index in [4.69, 9.17) is 14.4 Å². The van der Waals surface area contributed by atoms with E-state index in [1.165, 1.54) is 15.5 Å². The van der Waals surface area contributed by atoms with Crippen LogP contribution in [0.4, 0.5) is 5.69 Å². The van der Waals surface area contributed by atoms with Crippen molar-refractivity contribution in [2.24, 2.45) is 10.4 Å². The summed E-state index contributed by atoms with van der Waals surface area (Å²) in [6, 6.07) is 37.7. The molecule has 1 unspecified atom stereocenters. The Morgan fingerprint density at radius 2 is 1.59 bits per heavy atom. The molecule has 7 rings (SSSR count). The van der Waals surface area contributed by atoms with Gasteiger partial charge in [0, 0.05) is 25.5 Å². The molecule has 4 aromatic carbocycles. The summed E-state index contributed by atoms with van der Waals surface area (Å²) in [7, 11) is 0. The Bertz CT molecular complexity index is 2000. The molecule has 0 spiro atoms. The van der Waals surface area contributed by atoms with Gasteiger partial charge in [0.1, 0.15) is 5.58 Å². The van der Waals surface area contributed by atoms with Crippen LogP contribution in [0.5, 0.6) is 0 Å². The van der Waals surface area contributed by atoms with Gasteiger partial charge in [0.25, 0.3) is 0 Å². The Hall–Kier alpha value is -3.31. The van der Waals surface area contributed by atoms with Crippen molar-refractivity contribution in [1.29, 1.82) is 0 Å². The minimum absolute atomic E-state index is 0. The van der Waals surface area contributed by atoms with E-state index in [1.807, 2.05) is 48.5 Å². The summed E-state index contributed by atoms with van der Waals surface area (Å²) in [5, 5.41) is 2.28. The van der Waals surface area contributed by atoms with Crippen molar-refractivity contribution in [3.63, 3.8) is 0 Å². The molecular formula is C41H42GeIrN2O-2. The van der Waals surface area contributed by atoms with Crippen molar-refractivity contribution in [1.82, 2.24) is 4.98 Å². The fourth-order valence-corrected chi connectivity index (χ4v) is 9.66. The first-order valence-corrected chi connectivity index (χ1v) is 23.3. The molecule has 1 radical (unpaired) electrons. The van der Waals surface area contributed by atoms with Crippen LogP contribution in [-0.2, 0) is 26.5 Å². The molecular weight excluding hydrogens is 801 g/mol. The number of pyridine rings is 1. The summed E-state index contributed by atoms with van der Waals surface area (Å²) in [5.74, 6) is 7.63. The maximum atomic E-state index is 6.18. The van der Waals surface area contributed by atoms with E-state index < -0.39 is 13.3 Å². The molecule has 0 bridgehead atoms. The average Bonchev–Trinajstić information content (AvgIpc) is 3.59. The third-order valence-electron chi connectivity index (χ3n) is 8.39. The molecule has 1 aliphatic heterocycles. The van der Waals surface area contributed by atoms with E-state index in [-0.39, 0.29) is 20.1 Å². The third kappa shape index (κ3) is 7.15. The van der Waals surface area contributed by atoms with Gasteiger partial charge in [0.2, 0.25) is 0 Å². The van der Waals surface area contributed by atoms with Gasteiger partial charge >= 0.3 is 132 Å². The molecule has 5 heteroatoms. The average molecular weight is 844 g/mol. The van der Waals surface area contributed by atoms with Gasteiger partial charge in [-0.1, -0.05) is 60.7 Å². The number of nitrogens with zero attached hydrogens (tertiary/aromatic N) is 2. The van der Waals surface area contributed by atoms with E-state index in [0.29, 0.717) is 11.3 Å². The molecule has 237 valence electrons. The number of benzene rings is 4. The number of fused-ring (bicyclic) bond motifs is 4. The van der Waals surface area contributed by atoms with E-state index in [2.05, 4.69) is 106 Å². The van der Waals surface area contributed by atoms with Crippen LogP contribution in [-0.4, -0.2) is 24.0 Å². The SMILES string of the molecule is CC(C)(C)Cc1cc(-c2[c-]cccc2)nc[c]1[Ge]([CH3])([CH3])[CH3].CCC1C(c2[c-]ccc3c2oc2ccccc23)=Nc2ccccc21.[Ir]. The maximum absolute atomic E-state index is 6.18. The number of rotatable bonds is 5. The monoisotopic (exact) mass is 845 g/mol. The first-order chi connectivity index (χ1) is 21.5. The van der Waals surface area contributed by atoms with Gasteiger partial charge in [-0.2, -0.15) is 0 Å². The number of hydrogen-bond donors (Lipinski definition) is 0. The Labute approximate surface area is 290 Å². The van der Waals surface area contributed by atoms with Crippen molar-refractivity contribution < 1.29 is 24.5 Å². The van der Waals surface area contributed by atoms with Crippen molar-refractivity contribution in [3.8, 4) is 11.3 Å². The van der Waals surface area contributed by atoms with E-state index in [9.17, 15) is 0 Å². The van der Waals surface area contributed by atoms with Crippen molar-refractivity contribution in [2.45, 2.75) is 63.7 Å². The Balaban J connectivity index is 0.000000179. The van der Waals surface area contributed by atoms with E-state index >= 15 is 0 Å². The maximum Gasteiger partial charge on any atom is 0.120 e. The van der Waals surface area contributed by atoms with Crippen LogP contribution < -0.4 is 4.40 Å². The summed E-state index contributed by atoms with van der Waals surface area (Å²) in [6.07, 6.45) is 4.25. The summed E-state index contributed by atoms with van der Waals surface area (Å²) in [5.41, 5.74) is 10.2. The molecule has 46 heavy (non-hydrogen) atoms. The fraction of sp³-hybridized carbons (Fsp3) is 0.268. The summed E-state index contributed by atoms with van der Waals surface area (Å²) in [6.45, 7) is 9.13. The summed E-state index contributed by atoms with van der Waals surface area (Å²) < 4.78 is 7.71. The van der Waals surface area contributed by atoms with Crippen LogP contribution >= 0.6 is 0 Å². The molecule has 1 atom stereocenters. The third-order valence-corrected chi connectivity index (χ3v) is 12.7. The molecule has 0 saturated carbocycles. The van der Waals surface area contributed by atoms with Gasteiger partial charge in [-0.05, 0) is 29.3 Å². The largest absolute Gasteiger partial charge is 0.501 e. The van der Waals surface area contributed by atoms with Crippen LogP contribution in [0.2, 0.25) is 17.3 Å². The molecule has 0 N–H and O–H groups in total. The van der Waals surface area contributed by atoms with Gasteiger partial charge in [0.05, 0.1) is 11.3 Å². The molecule has 0 fully saturated rings. The standard InChI is InChI=1S/C22H16NO.C19H26GeN.Ir/c1-2-14-15-8-3-5-12-19(15)23-21(14)18-11-7-10-17-16-9-4-6-13-20(16)24-22(17)18;1-19(2,3)13-16-12-18(15-10-8-7-9-11-15)21-14-17(16)20(4,5)6;/h3-10,12-14H,2H2,1H3;7-10,12,14H,13H2,1-6H3;/q2*-1;. The normalized spacial score (nSPS) is 14.3. The second-order valence-electron chi connectivity index (χ2n) is 14.2. The first kappa shape index (κ1) is 34.0. The predicted molar refractivity (Wildman–Crippen MR) is 193 cm³/mol. The Morgan fingerprint density at radius 1 is 0.848 bits per heavy atom. The minimum atomic E-state index is -1.90. The number of hydrogen-bond acceptors (Lipinski definition) is 3. The van der Waals surface area contributed by atoms with Gasteiger partial charge in [-0.3, -0.25) is 0 Å². The van der Waals surface area contributed by atoms with E-state index in [1.54, 1.807) is 0 Å². The fourth-order valence-electron chi connectivity index (χ4n) is 6.35. The second-order valence-corrected chi connectivity index (χ2v) is 24.8. The van der Waals surface area contributed by atoms with Crippen LogP contribution in [0.15, 0.2) is 107 Å². The van der Waals surface area contributed by atoms with Gasteiger partial charge in [0.15, 0.2) is 0 Å². The number of furan rings is 1. The Morgan fingerprint density at radius 3 is 2.30 bits per heavy atom. The van der Waals surface area contributed by atoms with E-state index in [0.717, 1.165) is 63.0 Å². The second kappa shape index (κ2) is 13.8. The summed E-state index contributed by atoms with van der Waals surface area (Å²) >= 11 is -1.90. The number of aliphatic imine (C=N–C) groups is 1. The van der Waals surface area contributed by atoms with Crippen molar-refractivity contribution in [3.05, 3.63) is 126 Å².